The summed E-state index contributed by atoms with van der Waals surface area (Å²) in [6.07, 6.45) is 6.67. The number of allylic oxidation sites excluding steroid dienone is 2. The lowest BCUT2D eigenvalue weighted by Gasteiger charge is -2.29. The number of halogens is 2. The number of aliphatic imine (C=N–C) groups is 1. The molecule has 0 unspecified atom stereocenters. The minimum absolute atomic E-state index is 0.0620. The summed E-state index contributed by atoms with van der Waals surface area (Å²) in [5.74, 6) is -2.07. The van der Waals surface area contributed by atoms with Crippen molar-refractivity contribution < 1.29 is 42.1 Å². The van der Waals surface area contributed by atoms with E-state index in [1.54, 1.807) is 135 Å². The van der Waals surface area contributed by atoms with E-state index >= 15 is 0 Å². The number of rotatable bonds is 21. The topological polar surface area (TPSA) is 180 Å². The molecule has 5 amide bonds. The molecule has 3 atom stereocenters. The molecule has 0 bridgehead atoms. The number of nitrogens with zero attached hydrogens (tertiary/aromatic N) is 3. The fourth-order valence-electron chi connectivity index (χ4n) is 8.43. The number of benzene rings is 4. The molecule has 5 aromatic rings. The summed E-state index contributed by atoms with van der Waals surface area (Å²) in [5, 5.41) is 11.3. The zero-order chi connectivity index (χ0) is 50.4. The molecule has 2 aliphatic rings. The van der Waals surface area contributed by atoms with Gasteiger partial charge in [-0.3, -0.25) is 47.3 Å². The van der Waals surface area contributed by atoms with E-state index in [4.69, 9.17) is 4.74 Å². The standard InChI is InChI=1S/C54H56BF2N7O7/c1-35-31-36(2)64(55(56)57)45(35)33-43-26-25-42(61-43)27-28-47(65)58-29-13-6-14-30-59-49(67)34-63-44-19-11-12-20-46(44)71-52(41-17-9-5-10-18-41)50(54(63)70)62-53(69)37(3)60-48(66)32-38-21-23-40(24-22-38)51(68)39-15-7-4-8-16-39/h4-5,7-12,15-26,31,33,37,50,52H,6,13-14,27-30,32,34H2,1-3H3,(H,58,65)(H,59,67)(H,60,66)(H,62,69)/b43-33+/t37-,50+,52-/m1/s1. The summed E-state index contributed by atoms with van der Waals surface area (Å²) in [4.78, 5) is 86.4. The summed E-state index contributed by atoms with van der Waals surface area (Å²) in [6, 6.07) is 30.7. The molecule has 71 heavy (non-hydrogen) atoms. The number of ketones is 1. The van der Waals surface area contributed by atoms with E-state index in [0.29, 0.717) is 95.3 Å². The Labute approximate surface area is 411 Å². The van der Waals surface area contributed by atoms with Gasteiger partial charge >= 0.3 is 7.40 Å². The average Bonchev–Trinajstić information content (AvgIpc) is 3.91. The summed E-state index contributed by atoms with van der Waals surface area (Å²) >= 11 is 0. The van der Waals surface area contributed by atoms with Gasteiger partial charge in [-0.25, -0.2) is 0 Å². The molecular weight excluding hydrogens is 907 g/mol. The van der Waals surface area contributed by atoms with Crippen molar-refractivity contribution in [1.29, 1.82) is 0 Å². The van der Waals surface area contributed by atoms with Crippen LogP contribution in [0.4, 0.5) is 14.3 Å². The van der Waals surface area contributed by atoms with Gasteiger partial charge in [-0.2, -0.15) is 0 Å². The van der Waals surface area contributed by atoms with Crippen LogP contribution in [0.1, 0.15) is 89.1 Å². The summed E-state index contributed by atoms with van der Waals surface area (Å²) in [6.45, 7) is 5.30. The molecule has 4 aromatic carbocycles. The fraction of sp³-hybridized carbons (Fsp3) is 0.278. The molecule has 7 rings (SSSR count). The molecule has 14 nitrogen and oxygen atoms in total. The largest absolute Gasteiger partial charge is 0.677 e. The highest BCUT2D eigenvalue weighted by Gasteiger charge is 2.41. The van der Waals surface area contributed by atoms with Gasteiger partial charge in [0.15, 0.2) is 11.9 Å². The van der Waals surface area contributed by atoms with Crippen molar-refractivity contribution in [2.75, 3.05) is 24.5 Å². The molecule has 2 aliphatic heterocycles. The van der Waals surface area contributed by atoms with Crippen LogP contribution in [0.2, 0.25) is 0 Å². The van der Waals surface area contributed by atoms with Crippen LogP contribution in [0.25, 0.3) is 6.08 Å². The van der Waals surface area contributed by atoms with E-state index in [1.165, 1.54) is 11.8 Å². The number of para-hydroxylation sites is 2. The Morgan fingerprint density at radius 3 is 2.14 bits per heavy atom. The van der Waals surface area contributed by atoms with Gasteiger partial charge in [0.25, 0.3) is 5.91 Å². The van der Waals surface area contributed by atoms with Crippen LogP contribution in [-0.4, -0.2) is 84.6 Å². The van der Waals surface area contributed by atoms with Crippen molar-refractivity contribution >= 4 is 60.2 Å². The molecule has 0 radical (unpaired) electrons. The maximum Gasteiger partial charge on any atom is 0.677 e. The molecule has 3 heterocycles. The first-order valence-corrected chi connectivity index (χ1v) is 23.6. The molecule has 0 saturated carbocycles. The number of hydrogen-bond acceptors (Lipinski definition) is 8. The minimum Gasteiger partial charge on any atom is -0.481 e. The second-order valence-electron chi connectivity index (χ2n) is 17.5. The molecule has 4 N–H and O–H groups in total. The number of carbonyl (C=O) groups excluding carboxylic acids is 6. The van der Waals surface area contributed by atoms with Crippen LogP contribution in [-0.2, 0) is 30.4 Å². The van der Waals surface area contributed by atoms with Gasteiger partial charge in [0.2, 0.25) is 23.6 Å². The van der Waals surface area contributed by atoms with Crippen LogP contribution in [0.3, 0.4) is 0 Å². The molecule has 1 aromatic heterocycles. The van der Waals surface area contributed by atoms with E-state index in [1.807, 2.05) is 12.1 Å². The molecule has 0 saturated heterocycles. The van der Waals surface area contributed by atoms with Crippen molar-refractivity contribution in [3.63, 3.8) is 0 Å². The van der Waals surface area contributed by atoms with Crippen molar-refractivity contribution in [2.24, 2.45) is 4.99 Å². The fourth-order valence-corrected chi connectivity index (χ4v) is 8.43. The van der Waals surface area contributed by atoms with Crippen molar-refractivity contribution in [2.45, 2.75) is 77.5 Å². The van der Waals surface area contributed by atoms with Crippen LogP contribution < -0.4 is 30.9 Å². The molecule has 0 fully saturated rings. The summed E-state index contributed by atoms with van der Waals surface area (Å²) < 4.78 is 34.7. The number of carbonyl (C=O) groups is 6. The van der Waals surface area contributed by atoms with E-state index < -0.39 is 49.2 Å². The summed E-state index contributed by atoms with van der Waals surface area (Å²) in [5.41, 5.74) is 5.42. The van der Waals surface area contributed by atoms with Gasteiger partial charge in [-0.15, -0.1) is 0 Å². The Morgan fingerprint density at radius 1 is 0.789 bits per heavy atom. The second kappa shape index (κ2) is 24.1. The molecule has 0 spiro atoms. The zero-order valence-electron chi connectivity index (χ0n) is 39.8. The van der Waals surface area contributed by atoms with Gasteiger partial charge < -0.3 is 30.5 Å². The smallest absolute Gasteiger partial charge is 0.481 e. The van der Waals surface area contributed by atoms with Crippen LogP contribution in [0.5, 0.6) is 5.75 Å². The molecule has 366 valence electrons. The van der Waals surface area contributed by atoms with Crippen molar-refractivity contribution in [1.82, 2.24) is 25.7 Å². The zero-order valence-corrected chi connectivity index (χ0v) is 39.8. The third kappa shape index (κ3) is 13.4. The highest BCUT2D eigenvalue weighted by Crippen LogP contribution is 2.38. The Bertz CT molecular complexity index is 2830. The third-order valence-electron chi connectivity index (χ3n) is 12.1. The predicted octanol–water partition coefficient (Wildman–Crippen LogP) is 7.04. The van der Waals surface area contributed by atoms with Crippen LogP contribution in [0, 0.1) is 13.8 Å². The van der Waals surface area contributed by atoms with E-state index in [9.17, 15) is 37.4 Å². The van der Waals surface area contributed by atoms with E-state index in [-0.39, 0.29) is 31.1 Å². The Morgan fingerprint density at radius 2 is 1.44 bits per heavy atom. The number of fused-ring (bicyclic) bond motifs is 1. The lowest BCUT2D eigenvalue weighted by atomic mass is 10.0. The SMILES string of the molecule is Cc1cc(C)n(B(F)F)c1/C=C1\C=CC(CCC(=O)NCCCCCNC(=O)CN2C(=O)[C@@H](NC(=O)[C@@H](C)NC(=O)Cc3ccc(C(=O)c4ccccc4)cc3)[C@@H](c3ccccc3)Oc3ccccc32)=N1. The number of aromatic nitrogens is 1. The lowest BCUT2D eigenvalue weighted by molar-refractivity contribution is -0.132. The maximum absolute atomic E-state index is 14.6. The van der Waals surface area contributed by atoms with Gasteiger partial charge in [-0.1, -0.05) is 97.1 Å². The number of amides is 5. The monoisotopic (exact) mass is 963 g/mol. The minimum atomic E-state index is -2.67. The second-order valence-corrected chi connectivity index (χ2v) is 17.5. The maximum atomic E-state index is 14.6. The van der Waals surface area contributed by atoms with Crippen molar-refractivity contribution in [3.05, 3.63) is 172 Å². The van der Waals surface area contributed by atoms with Gasteiger partial charge in [0.1, 0.15) is 24.4 Å². The van der Waals surface area contributed by atoms with Gasteiger partial charge in [-0.05, 0) is 99.6 Å². The first kappa shape index (κ1) is 50.9. The number of nitrogens with one attached hydrogen (secondary N) is 4. The Balaban J connectivity index is 0.885. The van der Waals surface area contributed by atoms with E-state index in [0.717, 1.165) is 10.0 Å². The Kier molecular flexibility index (Phi) is 17.3. The first-order chi connectivity index (χ1) is 34.2. The third-order valence-corrected chi connectivity index (χ3v) is 12.1. The van der Waals surface area contributed by atoms with Gasteiger partial charge in [0, 0.05) is 47.7 Å². The number of ether oxygens (including phenoxy) is 1. The molecule has 0 aliphatic carbocycles. The highest BCUT2D eigenvalue weighted by atomic mass is 19.2. The average molecular weight is 964 g/mol. The first-order valence-electron chi connectivity index (χ1n) is 23.6. The van der Waals surface area contributed by atoms with Crippen molar-refractivity contribution in [3.8, 4) is 5.75 Å². The normalized spacial score (nSPS) is 16.0. The van der Waals surface area contributed by atoms with Crippen LogP contribution >= 0.6 is 0 Å². The molecular formula is C54H56BF2N7O7. The van der Waals surface area contributed by atoms with E-state index in [2.05, 4.69) is 26.3 Å². The lowest BCUT2D eigenvalue weighted by Crippen LogP contribution is -2.56. The number of aryl methyl sites for hydroxylation is 2. The number of hydrogen-bond donors (Lipinski definition) is 4. The number of anilines is 1. The van der Waals surface area contributed by atoms with Crippen LogP contribution in [0.15, 0.2) is 138 Å². The predicted molar refractivity (Wildman–Crippen MR) is 269 cm³/mol. The summed E-state index contributed by atoms with van der Waals surface area (Å²) in [7, 11) is -2.67. The number of unbranched alkanes of at least 4 members (excludes halogenated alkanes) is 2. The van der Waals surface area contributed by atoms with Gasteiger partial charge in [0.05, 0.1) is 17.8 Å². The Hall–Kier alpha value is -7.95. The molecule has 17 heteroatoms. The highest BCUT2D eigenvalue weighted by molar-refractivity contribution is 6.41. The quantitative estimate of drug-likeness (QED) is 0.0346.